The van der Waals surface area contributed by atoms with Crippen molar-refractivity contribution in [3.63, 3.8) is 0 Å². The predicted molar refractivity (Wildman–Crippen MR) is 76.8 cm³/mol. The molecule has 1 amide bonds. The van der Waals surface area contributed by atoms with E-state index in [0.717, 1.165) is 19.5 Å². The summed E-state index contributed by atoms with van der Waals surface area (Å²) in [4.78, 5) is 15.3. The maximum Gasteiger partial charge on any atom is 0.226 e. The van der Waals surface area contributed by atoms with Crippen LogP contribution in [-0.2, 0) is 4.79 Å². The SMILES string of the molecule is CC1CC2CNCC2N1C(=O)C1CCCCC1(C)C. The van der Waals surface area contributed by atoms with E-state index < -0.39 is 0 Å². The fourth-order valence-electron chi connectivity index (χ4n) is 4.68. The summed E-state index contributed by atoms with van der Waals surface area (Å²) in [6.45, 7) is 8.94. The smallest absolute Gasteiger partial charge is 0.226 e. The lowest BCUT2D eigenvalue weighted by Gasteiger charge is -2.41. The first-order chi connectivity index (χ1) is 9.00. The highest BCUT2D eigenvalue weighted by atomic mass is 16.2. The number of fused-ring (bicyclic) bond motifs is 1. The minimum atomic E-state index is 0.194. The van der Waals surface area contributed by atoms with Crippen LogP contribution < -0.4 is 5.32 Å². The van der Waals surface area contributed by atoms with Crippen LogP contribution in [0.5, 0.6) is 0 Å². The quantitative estimate of drug-likeness (QED) is 0.789. The number of rotatable bonds is 1. The monoisotopic (exact) mass is 264 g/mol. The van der Waals surface area contributed by atoms with E-state index in [1.54, 1.807) is 0 Å². The molecular formula is C16H28N2O. The Bertz CT molecular complexity index is 366. The Kier molecular flexibility index (Phi) is 3.36. The van der Waals surface area contributed by atoms with Crippen LogP contribution in [0.15, 0.2) is 0 Å². The van der Waals surface area contributed by atoms with Crippen LogP contribution >= 0.6 is 0 Å². The lowest BCUT2D eigenvalue weighted by molar-refractivity contribution is -0.143. The van der Waals surface area contributed by atoms with E-state index in [1.165, 1.54) is 25.7 Å². The molecule has 1 N–H and O–H groups in total. The highest BCUT2D eigenvalue weighted by Gasteiger charge is 2.48. The molecule has 1 saturated carbocycles. The van der Waals surface area contributed by atoms with Crippen LogP contribution in [0, 0.1) is 17.3 Å². The van der Waals surface area contributed by atoms with Gasteiger partial charge in [0, 0.05) is 31.1 Å². The first-order valence-electron chi connectivity index (χ1n) is 8.03. The van der Waals surface area contributed by atoms with Crippen molar-refractivity contribution in [3.8, 4) is 0 Å². The number of nitrogens with zero attached hydrogens (tertiary/aromatic N) is 1. The molecule has 2 heterocycles. The molecule has 0 aromatic rings. The van der Waals surface area contributed by atoms with Crippen molar-refractivity contribution in [2.45, 2.75) is 65.0 Å². The summed E-state index contributed by atoms with van der Waals surface area (Å²) in [5, 5.41) is 3.46. The van der Waals surface area contributed by atoms with Crippen LogP contribution in [0.1, 0.15) is 52.9 Å². The third-order valence-electron chi connectivity index (χ3n) is 5.84. The molecule has 108 valence electrons. The molecule has 0 radical (unpaired) electrons. The van der Waals surface area contributed by atoms with E-state index in [0.29, 0.717) is 23.9 Å². The number of carbonyl (C=O) groups is 1. The Morgan fingerprint density at radius 2 is 2.05 bits per heavy atom. The standard InChI is InChI=1S/C16H28N2O/c1-11-8-12-9-17-10-14(12)18(11)15(19)13-6-4-5-7-16(13,2)3/h11-14,17H,4-10H2,1-3H3. The van der Waals surface area contributed by atoms with Crippen LogP contribution in [-0.4, -0.2) is 36.0 Å². The van der Waals surface area contributed by atoms with Gasteiger partial charge < -0.3 is 10.2 Å². The largest absolute Gasteiger partial charge is 0.335 e. The highest BCUT2D eigenvalue weighted by molar-refractivity contribution is 5.81. The second kappa shape index (κ2) is 4.76. The molecule has 19 heavy (non-hydrogen) atoms. The number of likely N-dealkylation sites (tertiary alicyclic amines) is 1. The van der Waals surface area contributed by atoms with Crippen molar-refractivity contribution < 1.29 is 4.79 Å². The number of hydrogen-bond donors (Lipinski definition) is 1. The number of amides is 1. The topological polar surface area (TPSA) is 32.3 Å². The van der Waals surface area contributed by atoms with Crippen LogP contribution in [0.25, 0.3) is 0 Å². The van der Waals surface area contributed by atoms with E-state index in [4.69, 9.17) is 0 Å². The number of nitrogens with one attached hydrogen (secondary N) is 1. The van der Waals surface area contributed by atoms with Crippen molar-refractivity contribution in [3.05, 3.63) is 0 Å². The zero-order chi connectivity index (χ0) is 13.6. The number of carbonyl (C=O) groups excluding carboxylic acids is 1. The molecule has 3 heteroatoms. The third-order valence-corrected chi connectivity index (χ3v) is 5.84. The van der Waals surface area contributed by atoms with Crippen molar-refractivity contribution >= 4 is 5.91 Å². The van der Waals surface area contributed by atoms with E-state index in [2.05, 4.69) is 31.0 Å². The molecule has 3 nitrogen and oxygen atoms in total. The zero-order valence-corrected chi connectivity index (χ0v) is 12.6. The van der Waals surface area contributed by atoms with Gasteiger partial charge in [-0.3, -0.25) is 4.79 Å². The summed E-state index contributed by atoms with van der Waals surface area (Å²) >= 11 is 0. The van der Waals surface area contributed by atoms with Gasteiger partial charge in [0.2, 0.25) is 5.91 Å². The molecule has 2 saturated heterocycles. The molecule has 1 aliphatic carbocycles. The second-order valence-corrected chi connectivity index (χ2v) is 7.60. The molecule has 3 fully saturated rings. The maximum atomic E-state index is 13.1. The Balaban J connectivity index is 1.79. The van der Waals surface area contributed by atoms with Crippen molar-refractivity contribution in [1.82, 2.24) is 10.2 Å². The van der Waals surface area contributed by atoms with E-state index >= 15 is 0 Å². The van der Waals surface area contributed by atoms with Crippen molar-refractivity contribution in [2.24, 2.45) is 17.3 Å². The van der Waals surface area contributed by atoms with Crippen LogP contribution in [0.3, 0.4) is 0 Å². The first kappa shape index (κ1) is 13.4. The molecule has 0 aromatic carbocycles. The Hall–Kier alpha value is -0.570. The van der Waals surface area contributed by atoms with E-state index in [1.807, 2.05) is 0 Å². The molecule has 0 aromatic heterocycles. The van der Waals surface area contributed by atoms with E-state index in [-0.39, 0.29) is 11.3 Å². The van der Waals surface area contributed by atoms with Gasteiger partial charge in [-0.05, 0) is 37.5 Å². The van der Waals surface area contributed by atoms with Gasteiger partial charge in [-0.2, -0.15) is 0 Å². The molecule has 0 spiro atoms. The summed E-state index contributed by atoms with van der Waals surface area (Å²) in [7, 11) is 0. The lowest BCUT2D eigenvalue weighted by atomic mass is 9.68. The summed E-state index contributed by atoms with van der Waals surface area (Å²) in [5.41, 5.74) is 0.194. The molecule has 4 unspecified atom stereocenters. The van der Waals surface area contributed by atoms with Gasteiger partial charge in [-0.1, -0.05) is 26.7 Å². The van der Waals surface area contributed by atoms with Crippen LogP contribution in [0.2, 0.25) is 0 Å². The molecular weight excluding hydrogens is 236 g/mol. The molecule has 3 aliphatic rings. The van der Waals surface area contributed by atoms with Gasteiger partial charge in [0.15, 0.2) is 0 Å². The third kappa shape index (κ3) is 2.20. The van der Waals surface area contributed by atoms with Gasteiger partial charge in [0.1, 0.15) is 0 Å². The van der Waals surface area contributed by atoms with Crippen molar-refractivity contribution in [2.75, 3.05) is 13.1 Å². The fraction of sp³-hybridized carbons (Fsp3) is 0.938. The summed E-state index contributed by atoms with van der Waals surface area (Å²) < 4.78 is 0. The molecule has 4 atom stereocenters. The average Bonchev–Trinajstić information content (AvgIpc) is 2.87. The summed E-state index contributed by atoms with van der Waals surface area (Å²) in [5.74, 6) is 1.40. The van der Waals surface area contributed by atoms with Gasteiger partial charge in [-0.15, -0.1) is 0 Å². The number of hydrogen-bond acceptors (Lipinski definition) is 2. The summed E-state index contributed by atoms with van der Waals surface area (Å²) in [6, 6.07) is 0.919. The molecule has 0 bridgehead atoms. The van der Waals surface area contributed by atoms with Gasteiger partial charge in [-0.25, -0.2) is 0 Å². The average molecular weight is 264 g/mol. The predicted octanol–water partition coefficient (Wildman–Crippen LogP) is 2.41. The van der Waals surface area contributed by atoms with Crippen molar-refractivity contribution in [1.29, 1.82) is 0 Å². The van der Waals surface area contributed by atoms with Gasteiger partial charge >= 0.3 is 0 Å². The van der Waals surface area contributed by atoms with E-state index in [9.17, 15) is 4.79 Å². The highest BCUT2D eigenvalue weighted by Crippen LogP contribution is 2.44. The fourth-order valence-corrected chi connectivity index (χ4v) is 4.68. The minimum Gasteiger partial charge on any atom is -0.335 e. The van der Waals surface area contributed by atoms with Gasteiger partial charge in [0.25, 0.3) is 0 Å². The van der Waals surface area contributed by atoms with Crippen LogP contribution in [0.4, 0.5) is 0 Å². The first-order valence-corrected chi connectivity index (χ1v) is 8.03. The zero-order valence-electron chi connectivity index (χ0n) is 12.6. The Morgan fingerprint density at radius 3 is 2.79 bits per heavy atom. The molecule has 3 rings (SSSR count). The minimum absolute atomic E-state index is 0.194. The second-order valence-electron chi connectivity index (χ2n) is 7.60. The van der Waals surface area contributed by atoms with Gasteiger partial charge in [0.05, 0.1) is 0 Å². The lowest BCUT2D eigenvalue weighted by Crippen LogP contribution is -2.49. The Labute approximate surface area is 117 Å². The molecule has 2 aliphatic heterocycles. The summed E-state index contributed by atoms with van der Waals surface area (Å²) in [6.07, 6.45) is 6.02. The normalized spacial score (nSPS) is 41.3. The Morgan fingerprint density at radius 1 is 1.26 bits per heavy atom. The maximum absolute atomic E-state index is 13.1.